The van der Waals surface area contributed by atoms with E-state index in [0.717, 1.165) is 31.0 Å². The van der Waals surface area contributed by atoms with Gasteiger partial charge < -0.3 is 5.32 Å². The summed E-state index contributed by atoms with van der Waals surface area (Å²) in [5, 5.41) is 3.55. The molecule has 0 amide bonds. The first kappa shape index (κ1) is 15.0. The summed E-state index contributed by atoms with van der Waals surface area (Å²) in [6.07, 6.45) is 5.37. The Bertz CT molecular complexity index is 446. The molecule has 0 unspecified atom stereocenters. The van der Waals surface area contributed by atoms with Gasteiger partial charge in [-0.05, 0) is 62.7 Å². The summed E-state index contributed by atoms with van der Waals surface area (Å²) in [5.74, 6) is 1.75. The quantitative estimate of drug-likeness (QED) is 0.871. The first-order chi connectivity index (χ1) is 10.2. The van der Waals surface area contributed by atoms with Crippen LogP contribution in [-0.4, -0.2) is 29.0 Å². The molecule has 2 fully saturated rings. The second kappa shape index (κ2) is 6.89. The molecule has 0 spiro atoms. The summed E-state index contributed by atoms with van der Waals surface area (Å²) in [6.45, 7) is 9.12. The molecule has 1 aromatic rings. The maximum Gasteiger partial charge on any atom is 0.0547 e. The van der Waals surface area contributed by atoms with Gasteiger partial charge in [0.05, 0.1) is 11.4 Å². The van der Waals surface area contributed by atoms with Gasteiger partial charge in [0.1, 0.15) is 0 Å². The number of aromatic nitrogens is 1. The van der Waals surface area contributed by atoms with Crippen molar-refractivity contribution in [2.75, 3.05) is 13.1 Å². The number of rotatable bonds is 6. The van der Waals surface area contributed by atoms with Gasteiger partial charge in [0.25, 0.3) is 0 Å². The highest BCUT2D eigenvalue weighted by molar-refractivity contribution is 5.11. The van der Waals surface area contributed by atoms with Crippen LogP contribution in [0.1, 0.15) is 50.9 Å². The normalized spacial score (nSPS) is 21.1. The lowest BCUT2D eigenvalue weighted by molar-refractivity contribution is 0.150. The molecule has 0 atom stereocenters. The maximum absolute atomic E-state index is 4.82. The van der Waals surface area contributed by atoms with Crippen LogP contribution in [0.3, 0.4) is 0 Å². The summed E-state index contributed by atoms with van der Waals surface area (Å²) in [7, 11) is 0. The third kappa shape index (κ3) is 4.52. The number of pyridine rings is 1. The molecule has 0 bridgehead atoms. The maximum atomic E-state index is 4.82. The van der Waals surface area contributed by atoms with Crippen LogP contribution in [0, 0.1) is 11.8 Å². The van der Waals surface area contributed by atoms with Crippen LogP contribution < -0.4 is 5.32 Å². The van der Waals surface area contributed by atoms with Gasteiger partial charge >= 0.3 is 0 Å². The average Bonchev–Trinajstić information content (AvgIpc) is 3.30. The van der Waals surface area contributed by atoms with Crippen molar-refractivity contribution in [3.8, 4) is 0 Å². The van der Waals surface area contributed by atoms with Gasteiger partial charge in [-0.2, -0.15) is 0 Å². The van der Waals surface area contributed by atoms with E-state index in [1.54, 1.807) is 0 Å². The highest BCUT2D eigenvalue weighted by atomic mass is 15.1. The van der Waals surface area contributed by atoms with E-state index in [-0.39, 0.29) is 0 Å². The summed E-state index contributed by atoms with van der Waals surface area (Å²) >= 11 is 0. The molecule has 2 heterocycles. The van der Waals surface area contributed by atoms with Gasteiger partial charge in [0.2, 0.25) is 0 Å². The Morgan fingerprint density at radius 3 is 2.52 bits per heavy atom. The third-order valence-corrected chi connectivity index (χ3v) is 4.97. The van der Waals surface area contributed by atoms with Gasteiger partial charge in [-0.25, -0.2) is 0 Å². The molecular formula is C18H29N3. The largest absolute Gasteiger partial charge is 0.308 e. The zero-order valence-electron chi connectivity index (χ0n) is 13.5. The fourth-order valence-corrected chi connectivity index (χ4v) is 3.26. The van der Waals surface area contributed by atoms with E-state index in [9.17, 15) is 0 Å². The van der Waals surface area contributed by atoms with Gasteiger partial charge in [-0.15, -0.1) is 0 Å². The van der Waals surface area contributed by atoms with Crippen molar-refractivity contribution in [2.24, 2.45) is 11.8 Å². The number of hydrogen-bond donors (Lipinski definition) is 1. The fourth-order valence-electron chi connectivity index (χ4n) is 3.26. The molecule has 0 aromatic carbocycles. The van der Waals surface area contributed by atoms with E-state index in [2.05, 4.69) is 42.3 Å². The highest BCUT2D eigenvalue weighted by Gasteiger charge is 2.22. The summed E-state index contributed by atoms with van der Waals surface area (Å²) < 4.78 is 0. The van der Waals surface area contributed by atoms with Crippen molar-refractivity contribution >= 4 is 0 Å². The Labute approximate surface area is 129 Å². The van der Waals surface area contributed by atoms with Crippen LogP contribution in [0.5, 0.6) is 0 Å². The monoisotopic (exact) mass is 287 g/mol. The number of hydrogen-bond acceptors (Lipinski definition) is 3. The third-order valence-electron chi connectivity index (χ3n) is 4.97. The van der Waals surface area contributed by atoms with Crippen molar-refractivity contribution < 1.29 is 0 Å². The van der Waals surface area contributed by atoms with Crippen LogP contribution in [0.2, 0.25) is 0 Å². The van der Waals surface area contributed by atoms with E-state index in [1.165, 1.54) is 50.2 Å². The summed E-state index contributed by atoms with van der Waals surface area (Å²) in [6, 6.07) is 7.23. The first-order valence-electron chi connectivity index (χ1n) is 8.61. The number of piperidine rings is 1. The Kier molecular flexibility index (Phi) is 4.91. The zero-order chi connectivity index (χ0) is 14.7. The van der Waals surface area contributed by atoms with Crippen molar-refractivity contribution in [2.45, 2.75) is 58.7 Å². The van der Waals surface area contributed by atoms with Crippen LogP contribution in [0.15, 0.2) is 18.2 Å². The Morgan fingerprint density at radius 1 is 1.14 bits per heavy atom. The predicted octanol–water partition coefficient (Wildman–Crippen LogP) is 3.20. The van der Waals surface area contributed by atoms with E-state index in [0.29, 0.717) is 0 Å². The molecule has 3 heteroatoms. The molecule has 3 nitrogen and oxygen atoms in total. The van der Waals surface area contributed by atoms with Crippen LogP contribution >= 0.6 is 0 Å². The van der Waals surface area contributed by atoms with Crippen LogP contribution in [0.4, 0.5) is 0 Å². The molecule has 1 aliphatic heterocycles. The van der Waals surface area contributed by atoms with Gasteiger partial charge in [0, 0.05) is 19.1 Å². The summed E-state index contributed by atoms with van der Waals surface area (Å²) in [4.78, 5) is 7.39. The Hall–Kier alpha value is -0.930. The molecule has 1 saturated carbocycles. The van der Waals surface area contributed by atoms with E-state index in [4.69, 9.17) is 4.98 Å². The lowest BCUT2D eigenvalue weighted by Gasteiger charge is -2.33. The Balaban J connectivity index is 1.49. The lowest BCUT2D eigenvalue weighted by Crippen LogP contribution is -2.35. The van der Waals surface area contributed by atoms with Gasteiger partial charge in [-0.1, -0.05) is 19.9 Å². The molecule has 1 saturated heterocycles. The standard InChI is InChI=1S/C18H29N3/c1-14(2)15-8-10-21(11-9-15)13-18-5-3-4-17(20-18)12-19-16-6-7-16/h3-5,14-16,19H,6-13H2,1-2H3. The van der Waals surface area contributed by atoms with Crippen LogP contribution in [-0.2, 0) is 13.1 Å². The highest BCUT2D eigenvalue weighted by Crippen LogP contribution is 2.25. The molecule has 21 heavy (non-hydrogen) atoms. The number of nitrogens with zero attached hydrogens (tertiary/aromatic N) is 2. The van der Waals surface area contributed by atoms with E-state index in [1.807, 2.05) is 0 Å². The number of likely N-dealkylation sites (tertiary alicyclic amines) is 1. The predicted molar refractivity (Wildman–Crippen MR) is 86.9 cm³/mol. The molecule has 1 aromatic heterocycles. The molecule has 0 radical (unpaired) electrons. The van der Waals surface area contributed by atoms with Crippen LogP contribution in [0.25, 0.3) is 0 Å². The fraction of sp³-hybridized carbons (Fsp3) is 0.722. The van der Waals surface area contributed by atoms with Crippen molar-refractivity contribution in [3.63, 3.8) is 0 Å². The van der Waals surface area contributed by atoms with Crippen molar-refractivity contribution in [1.29, 1.82) is 0 Å². The minimum atomic E-state index is 0.755. The smallest absolute Gasteiger partial charge is 0.0547 e. The minimum absolute atomic E-state index is 0.755. The van der Waals surface area contributed by atoms with Crippen molar-refractivity contribution in [1.82, 2.24) is 15.2 Å². The molecule has 1 aliphatic carbocycles. The Morgan fingerprint density at radius 2 is 1.86 bits per heavy atom. The SMILES string of the molecule is CC(C)C1CCN(Cc2cccc(CNC3CC3)n2)CC1. The molecule has 3 rings (SSSR count). The first-order valence-corrected chi connectivity index (χ1v) is 8.61. The van der Waals surface area contributed by atoms with E-state index >= 15 is 0 Å². The molecular weight excluding hydrogens is 258 g/mol. The summed E-state index contributed by atoms with van der Waals surface area (Å²) in [5.41, 5.74) is 2.42. The minimum Gasteiger partial charge on any atom is -0.308 e. The van der Waals surface area contributed by atoms with E-state index < -0.39 is 0 Å². The van der Waals surface area contributed by atoms with Gasteiger partial charge in [-0.3, -0.25) is 9.88 Å². The van der Waals surface area contributed by atoms with Crippen molar-refractivity contribution in [3.05, 3.63) is 29.6 Å². The second-order valence-corrected chi connectivity index (χ2v) is 7.13. The topological polar surface area (TPSA) is 28.2 Å². The lowest BCUT2D eigenvalue weighted by atomic mass is 9.87. The number of nitrogens with one attached hydrogen (secondary N) is 1. The second-order valence-electron chi connectivity index (χ2n) is 7.13. The molecule has 116 valence electrons. The zero-order valence-corrected chi connectivity index (χ0v) is 13.5. The molecule has 2 aliphatic rings. The molecule has 1 N–H and O–H groups in total. The van der Waals surface area contributed by atoms with Gasteiger partial charge in [0.15, 0.2) is 0 Å². The average molecular weight is 287 g/mol.